The number of nitrogens with zero attached hydrogens (tertiary/aromatic N) is 1. The molecule has 1 aliphatic heterocycles. The van der Waals surface area contributed by atoms with E-state index in [1.165, 1.54) is 0 Å². The van der Waals surface area contributed by atoms with Crippen LogP contribution in [0.4, 0.5) is 0 Å². The standard InChI is InChI=1S/C7H13NO3/c1-2-6(9)8-3-4-11-7(10)5-8/h7,10H,2-5H2,1H3. The first kappa shape index (κ1) is 8.49. The van der Waals surface area contributed by atoms with E-state index in [0.717, 1.165) is 0 Å². The van der Waals surface area contributed by atoms with Crippen LogP contribution >= 0.6 is 0 Å². The van der Waals surface area contributed by atoms with Crippen LogP contribution in [0.1, 0.15) is 13.3 Å². The van der Waals surface area contributed by atoms with E-state index in [4.69, 9.17) is 9.84 Å². The minimum absolute atomic E-state index is 0.0763. The fourth-order valence-corrected chi connectivity index (χ4v) is 1.08. The number of hydrogen-bond donors (Lipinski definition) is 1. The van der Waals surface area contributed by atoms with Gasteiger partial charge in [-0.05, 0) is 0 Å². The van der Waals surface area contributed by atoms with Crippen LogP contribution in [0.2, 0.25) is 0 Å². The molecule has 4 nitrogen and oxygen atoms in total. The molecule has 0 aliphatic carbocycles. The van der Waals surface area contributed by atoms with Gasteiger partial charge in [0.05, 0.1) is 13.2 Å². The average Bonchev–Trinajstić information content (AvgIpc) is 2.03. The molecule has 1 rings (SSSR count). The first-order valence-corrected chi connectivity index (χ1v) is 3.81. The molecule has 1 saturated heterocycles. The topological polar surface area (TPSA) is 49.8 Å². The van der Waals surface area contributed by atoms with Gasteiger partial charge in [0.15, 0.2) is 6.29 Å². The molecule has 0 radical (unpaired) electrons. The molecule has 0 saturated carbocycles. The van der Waals surface area contributed by atoms with Crippen LogP contribution in [-0.4, -0.2) is 41.9 Å². The monoisotopic (exact) mass is 159 g/mol. The molecule has 1 N–H and O–H groups in total. The van der Waals surface area contributed by atoms with Gasteiger partial charge in [0.1, 0.15) is 0 Å². The quantitative estimate of drug-likeness (QED) is 0.565. The molecule has 1 unspecified atom stereocenters. The van der Waals surface area contributed by atoms with Crippen LogP contribution in [0.15, 0.2) is 0 Å². The summed E-state index contributed by atoms with van der Waals surface area (Å²) in [5.74, 6) is 0.0763. The van der Waals surface area contributed by atoms with E-state index in [-0.39, 0.29) is 5.91 Å². The Morgan fingerprint density at radius 3 is 3.09 bits per heavy atom. The molecule has 0 aromatic carbocycles. The second kappa shape index (κ2) is 3.69. The van der Waals surface area contributed by atoms with Crippen molar-refractivity contribution in [3.63, 3.8) is 0 Å². The van der Waals surface area contributed by atoms with E-state index in [2.05, 4.69) is 0 Å². The normalized spacial score (nSPS) is 25.3. The zero-order valence-corrected chi connectivity index (χ0v) is 6.62. The Morgan fingerprint density at radius 1 is 1.82 bits per heavy atom. The molecule has 1 fully saturated rings. The number of carbonyl (C=O) groups excluding carboxylic acids is 1. The van der Waals surface area contributed by atoms with Crippen molar-refractivity contribution in [3.05, 3.63) is 0 Å². The summed E-state index contributed by atoms with van der Waals surface area (Å²) in [4.78, 5) is 12.7. The lowest BCUT2D eigenvalue weighted by Crippen LogP contribution is -2.45. The summed E-state index contributed by atoms with van der Waals surface area (Å²) in [5, 5.41) is 9.01. The van der Waals surface area contributed by atoms with Crippen LogP contribution in [0.25, 0.3) is 0 Å². The lowest BCUT2D eigenvalue weighted by atomic mass is 10.3. The number of amides is 1. The van der Waals surface area contributed by atoms with E-state index in [1.807, 2.05) is 6.92 Å². The molecule has 1 amide bonds. The minimum Gasteiger partial charge on any atom is -0.366 e. The van der Waals surface area contributed by atoms with Crippen molar-refractivity contribution in [2.24, 2.45) is 0 Å². The summed E-state index contributed by atoms with van der Waals surface area (Å²) in [6.45, 7) is 3.16. The highest BCUT2D eigenvalue weighted by Crippen LogP contribution is 2.03. The van der Waals surface area contributed by atoms with Gasteiger partial charge in [0.2, 0.25) is 5.91 Å². The highest BCUT2D eigenvalue weighted by molar-refractivity contribution is 5.75. The number of ether oxygens (including phenoxy) is 1. The SMILES string of the molecule is CCC(=O)N1CCOC(O)C1. The van der Waals surface area contributed by atoms with Gasteiger partial charge >= 0.3 is 0 Å². The molecular weight excluding hydrogens is 146 g/mol. The van der Waals surface area contributed by atoms with Crippen molar-refractivity contribution in [1.82, 2.24) is 4.90 Å². The van der Waals surface area contributed by atoms with E-state index in [1.54, 1.807) is 4.90 Å². The second-order valence-corrected chi connectivity index (χ2v) is 2.52. The zero-order valence-electron chi connectivity index (χ0n) is 6.62. The number of carbonyl (C=O) groups is 1. The van der Waals surface area contributed by atoms with E-state index in [0.29, 0.717) is 26.1 Å². The maximum atomic E-state index is 11.1. The van der Waals surface area contributed by atoms with Crippen molar-refractivity contribution < 1.29 is 14.6 Å². The van der Waals surface area contributed by atoms with Crippen molar-refractivity contribution in [2.45, 2.75) is 19.6 Å². The summed E-state index contributed by atoms with van der Waals surface area (Å²) < 4.78 is 4.86. The third kappa shape index (κ3) is 2.17. The number of aliphatic hydroxyl groups excluding tert-OH is 1. The zero-order chi connectivity index (χ0) is 8.27. The van der Waals surface area contributed by atoms with Gasteiger partial charge < -0.3 is 14.7 Å². The van der Waals surface area contributed by atoms with E-state index >= 15 is 0 Å². The Labute approximate surface area is 65.8 Å². The predicted molar refractivity (Wildman–Crippen MR) is 38.8 cm³/mol. The smallest absolute Gasteiger partial charge is 0.222 e. The van der Waals surface area contributed by atoms with E-state index in [9.17, 15) is 4.79 Å². The van der Waals surface area contributed by atoms with Crippen molar-refractivity contribution >= 4 is 5.91 Å². The van der Waals surface area contributed by atoms with Crippen LogP contribution < -0.4 is 0 Å². The van der Waals surface area contributed by atoms with E-state index < -0.39 is 6.29 Å². The Hall–Kier alpha value is -0.610. The Balaban J connectivity index is 2.39. The summed E-state index contributed by atoms with van der Waals surface area (Å²) in [6.07, 6.45) is -0.300. The molecule has 11 heavy (non-hydrogen) atoms. The third-order valence-corrected chi connectivity index (χ3v) is 1.70. The number of rotatable bonds is 1. The molecule has 0 bridgehead atoms. The molecule has 0 spiro atoms. The average molecular weight is 159 g/mol. The van der Waals surface area contributed by atoms with Crippen LogP contribution in [0, 0.1) is 0 Å². The van der Waals surface area contributed by atoms with Crippen molar-refractivity contribution in [1.29, 1.82) is 0 Å². The highest BCUT2D eigenvalue weighted by Gasteiger charge is 2.20. The van der Waals surface area contributed by atoms with Gasteiger partial charge in [0, 0.05) is 13.0 Å². The summed E-state index contributed by atoms with van der Waals surface area (Å²) >= 11 is 0. The third-order valence-electron chi connectivity index (χ3n) is 1.70. The van der Waals surface area contributed by atoms with Gasteiger partial charge in [0.25, 0.3) is 0 Å². The minimum atomic E-state index is -0.792. The number of aliphatic hydroxyl groups is 1. The van der Waals surface area contributed by atoms with Crippen molar-refractivity contribution in [2.75, 3.05) is 19.7 Å². The molecular formula is C7H13NO3. The van der Waals surface area contributed by atoms with Gasteiger partial charge in [-0.1, -0.05) is 6.92 Å². The second-order valence-electron chi connectivity index (χ2n) is 2.52. The molecule has 1 heterocycles. The summed E-state index contributed by atoms with van der Waals surface area (Å²) in [5.41, 5.74) is 0. The Bertz CT molecular complexity index is 149. The van der Waals surface area contributed by atoms with Crippen LogP contribution in [0.5, 0.6) is 0 Å². The highest BCUT2D eigenvalue weighted by atomic mass is 16.6. The maximum absolute atomic E-state index is 11.1. The molecule has 4 heteroatoms. The first-order chi connectivity index (χ1) is 5.24. The van der Waals surface area contributed by atoms with Gasteiger partial charge in [-0.3, -0.25) is 4.79 Å². The molecule has 1 aliphatic rings. The number of β-amino-alcohol motifs (C(OH)–C–C–N with tert-alkyl or cyclic N) is 1. The number of hydrogen-bond acceptors (Lipinski definition) is 3. The summed E-state index contributed by atoms with van der Waals surface area (Å²) in [7, 11) is 0. The molecule has 64 valence electrons. The van der Waals surface area contributed by atoms with Gasteiger partial charge in [-0.2, -0.15) is 0 Å². The Kier molecular flexibility index (Phi) is 2.84. The lowest BCUT2D eigenvalue weighted by Gasteiger charge is -2.29. The largest absolute Gasteiger partial charge is 0.366 e. The van der Waals surface area contributed by atoms with Crippen molar-refractivity contribution in [3.8, 4) is 0 Å². The Morgan fingerprint density at radius 2 is 2.55 bits per heavy atom. The van der Waals surface area contributed by atoms with Gasteiger partial charge in [-0.15, -0.1) is 0 Å². The molecule has 0 aromatic rings. The molecule has 0 aromatic heterocycles. The predicted octanol–water partition coefficient (Wildman–Crippen LogP) is -0.426. The maximum Gasteiger partial charge on any atom is 0.222 e. The van der Waals surface area contributed by atoms with Crippen LogP contribution in [0.3, 0.4) is 0 Å². The lowest BCUT2D eigenvalue weighted by molar-refractivity contribution is -0.163. The van der Waals surface area contributed by atoms with Gasteiger partial charge in [-0.25, -0.2) is 0 Å². The number of morpholine rings is 1. The fourth-order valence-electron chi connectivity index (χ4n) is 1.08. The fraction of sp³-hybridized carbons (Fsp3) is 0.857. The molecule has 1 atom stereocenters. The summed E-state index contributed by atoms with van der Waals surface area (Å²) in [6, 6.07) is 0. The van der Waals surface area contributed by atoms with Crippen LogP contribution in [-0.2, 0) is 9.53 Å². The first-order valence-electron chi connectivity index (χ1n) is 3.81.